The Bertz CT molecular complexity index is 610. The van der Waals surface area contributed by atoms with Crippen LogP contribution in [0.15, 0.2) is 28.7 Å². The van der Waals surface area contributed by atoms with Gasteiger partial charge in [0.15, 0.2) is 0 Å². The van der Waals surface area contributed by atoms with Gasteiger partial charge in [0.1, 0.15) is 0 Å². The summed E-state index contributed by atoms with van der Waals surface area (Å²) in [5.41, 5.74) is 8.21. The van der Waals surface area contributed by atoms with Crippen molar-refractivity contribution in [2.24, 2.45) is 11.7 Å². The molecule has 0 saturated carbocycles. The van der Waals surface area contributed by atoms with Gasteiger partial charge in [-0.25, -0.2) is 0 Å². The Labute approximate surface area is 125 Å². The molecule has 21 heavy (non-hydrogen) atoms. The molecule has 0 amide bonds. The zero-order valence-electron chi connectivity index (χ0n) is 12.6. The van der Waals surface area contributed by atoms with E-state index in [0.29, 0.717) is 30.3 Å². The Morgan fingerprint density at radius 3 is 3.00 bits per heavy atom. The van der Waals surface area contributed by atoms with Crippen LogP contribution < -0.4 is 5.73 Å². The second kappa shape index (κ2) is 5.95. The molecule has 0 radical (unpaired) electrons. The maximum atomic E-state index is 6.05. The van der Waals surface area contributed by atoms with Gasteiger partial charge in [-0.2, -0.15) is 0 Å². The first kappa shape index (κ1) is 14.2. The number of likely N-dealkylation sites (tertiary alicyclic amines) is 1. The smallest absolute Gasteiger partial charge is 0.247 e. The lowest BCUT2D eigenvalue weighted by Gasteiger charge is -2.34. The van der Waals surface area contributed by atoms with Crippen molar-refractivity contribution in [1.29, 1.82) is 0 Å². The number of hydrogen-bond acceptors (Lipinski definition) is 5. The molecule has 2 N–H and O–H groups in total. The molecule has 1 saturated heterocycles. The molecule has 0 spiro atoms. The minimum atomic E-state index is 0.312. The average Bonchev–Trinajstić information content (AvgIpc) is 2.91. The van der Waals surface area contributed by atoms with Crippen LogP contribution in [0.2, 0.25) is 0 Å². The zero-order valence-corrected chi connectivity index (χ0v) is 12.6. The van der Waals surface area contributed by atoms with Crippen molar-refractivity contribution in [1.82, 2.24) is 15.1 Å². The Morgan fingerprint density at radius 1 is 1.38 bits per heavy atom. The van der Waals surface area contributed by atoms with Crippen molar-refractivity contribution in [2.75, 3.05) is 13.1 Å². The highest BCUT2D eigenvalue weighted by Crippen LogP contribution is 2.21. The van der Waals surface area contributed by atoms with E-state index in [1.54, 1.807) is 0 Å². The fraction of sp³-hybridized carbons (Fsp3) is 0.500. The molecule has 2 aromatic rings. The first-order valence-electron chi connectivity index (χ1n) is 7.49. The van der Waals surface area contributed by atoms with Crippen LogP contribution in [0.4, 0.5) is 0 Å². The Balaban J connectivity index is 1.68. The lowest BCUT2D eigenvalue weighted by atomic mass is 9.95. The molecule has 2 heterocycles. The number of rotatable bonds is 3. The van der Waals surface area contributed by atoms with Gasteiger partial charge in [0, 0.05) is 24.7 Å². The Hall–Kier alpha value is -1.72. The lowest BCUT2D eigenvalue weighted by Crippen LogP contribution is -2.45. The molecular formula is C16H22N4O. The van der Waals surface area contributed by atoms with Crippen molar-refractivity contribution in [3.05, 3.63) is 35.7 Å². The first-order valence-corrected chi connectivity index (χ1v) is 7.49. The summed E-state index contributed by atoms with van der Waals surface area (Å²) in [4.78, 5) is 2.33. The minimum absolute atomic E-state index is 0.312. The summed E-state index contributed by atoms with van der Waals surface area (Å²) in [5.74, 6) is 1.78. The van der Waals surface area contributed by atoms with E-state index in [4.69, 9.17) is 10.2 Å². The van der Waals surface area contributed by atoms with Gasteiger partial charge in [-0.1, -0.05) is 24.6 Å². The average molecular weight is 286 g/mol. The highest BCUT2D eigenvalue weighted by molar-refractivity contribution is 5.53. The molecule has 3 rings (SSSR count). The van der Waals surface area contributed by atoms with Crippen LogP contribution >= 0.6 is 0 Å². The topological polar surface area (TPSA) is 68.2 Å². The zero-order chi connectivity index (χ0) is 14.8. The number of aryl methyl sites for hydroxylation is 1. The van der Waals surface area contributed by atoms with Crippen LogP contribution in [0.3, 0.4) is 0 Å². The van der Waals surface area contributed by atoms with E-state index in [-0.39, 0.29) is 0 Å². The Morgan fingerprint density at radius 2 is 2.24 bits per heavy atom. The first-order chi connectivity index (χ1) is 10.1. The van der Waals surface area contributed by atoms with Gasteiger partial charge in [-0.15, -0.1) is 10.2 Å². The summed E-state index contributed by atoms with van der Waals surface area (Å²) in [6, 6.07) is 8.42. The molecule has 1 fully saturated rings. The van der Waals surface area contributed by atoms with Crippen LogP contribution in [-0.2, 0) is 6.54 Å². The number of piperidine rings is 1. The molecule has 5 nitrogen and oxygen atoms in total. The second-order valence-corrected chi connectivity index (χ2v) is 6.04. The molecule has 1 aromatic heterocycles. The minimum Gasteiger partial charge on any atom is -0.419 e. The summed E-state index contributed by atoms with van der Waals surface area (Å²) >= 11 is 0. The van der Waals surface area contributed by atoms with Crippen LogP contribution in [0.1, 0.15) is 24.8 Å². The maximum absolute atomic E-state index is 6.05. The van der Waals surface area contributed by atoms with Gasteiger partial charge in [0.2, 0.25) is 11.8 Å². The quantitative estimate of drug-likeness (QED) is 0.937. The van der Waals surface area contributed by atoms with Crippen LogP contribution in [0, 0.1) is 12.8 Å². The predicted molar refractivity (Wildman–Crippen MR) is 81.5 cm³/mol. The van der Waals surface area contributed by atoms with Crippen LogP contribution in [0.5, 0.6) is 0 Å². The highest BCUT2D eigenvalue weighted by atomic mass is 16.4. The summed E-state index contributed by atoms with van der Waals surface area (Å²) < 4.78 is 5.79. The van der Waals surface area contributed by atoms with Gasteiger partial charge in [0.05, 0.1) is 6.54 Å². The van der Waals surface area contributed by atoms with Gasteiger partial charge in [-0.05, 0) is 31.4 Å². The fourth-order valence-electron chi connectivity index (χ4n) is 2.80. The number of nitrogens with two attached hydrogens (primary N) is 1. The second-order valence-electron chi connectivity index (χ2n) is 6.04. The third-order valence-corrected chi connectivity index (χ3v) is 4.15. The molecule has 2 unspecified atom stereocenters. The van der Waals surface area contributed by atoms with Gasteiger partial charge in [0.25, 0.3) is 0 Å². The van der Waals surface area contributed by atoms with E-state index >= 15 is 0 Å². The number of nitrogens with zero attached hydrogens (tertiary/aromatic N) is 3. The van der Waals surface area contributed by atoms with Crippen molar-refractivity contribution in [2.45, 2.75) is 32.9 Å². The standard InChI is InChI=1S/C16H22N4O/c1-11-4-3-5-13(8-11)16-19-18-15(21-16)10-20-7-6-14(17)12(2)9-20/h3-5,8,12,14H,6-7,9-10,17H2,1-2H3. The molecule has 1 aliphatic rings. The molecule has 1 aliphatic heterocycles. The van der Waals surface area contributed by atoms with Gasteiger partial charge >= 0.3 is 0 Å². The molecule has 112 valence electrons. The van der Waals surface area contributed by atoms with Crippen molar-refractivity contribution in [3.8, 4) is 11.5 Å². The van der Waals surface area contributed by atoms with Crippen molar-refractivity contribution < 1.29 is 4.42 Å². The summed E-state index contributed by atoms with van der Waals surface area (Å²) in [6.45, 7) is 6.94. The van der Waals surface area contributed by atoms with E-state index < -0.39 is 0 Å². The van der Waals surface area contributed by atoms with E-state index in [9.17, 15) is 0 Å². The van der Waals surface area contributed by atoms with E-state index in [0.717, 1.165) is 25.1 Å². The molecule has 2 atom stereocenters. The van der Waals surface area contributed by atoms with Crippen LogP contribution in [-0.4, -0.2) is 34.2 Å². The van der Waals surface area contributed by atoms with Crippen molar-refractivity contribution in [3.63, 3.8) is 0 Å². The molecule has 5 heteroatoms. The Kier molecular flexibility index (Phi) is 4.03. The largest absolute Gasteiger partial charge is 0.419 e. The maximum Gasteiger partial charge on any atom is 0.247 e. The number of hydrogen-bond donors (Lipinski definition) is 1. The third-order valence-electron chi connectivity index (χ3n) is 4.15. The highest BCUT2D eigenvalue weighted by Gasteiger charge is 2.24. The molecule has 0 bridgehead atoms. The predicted octanol–water partition coefficient (Wildman–Crippen LogP) is 2.21. The molecule has 1 aromatic carbocycles. The monoisotopic (exact) mass is 286 g/mol. The van der Waals surface area contributed by atoms with E-state index in [2.05, 4.69) is 41.1 Å². The molecule has 0 aliphatic carbocycles. The number of benzene rings is 1. The SMILES string of the molecule is Cc1cccc(-c2nnc(CN3CCC(N)C(C)C3)o2)c1. The third kappa shape index (κ3) is 3.31. The normalized spacial score (nSPS) is 23.4. The van der Waals surface area contributed by atoms with Gasteiger partial charge in [-0.3, -0.25) is 4.90 Å². The van der Waals surface area contributed by atoms with Crippen LogP contribution in [0.25, 0.3) is 11.5 Å². The summed E-state index contributed by atoms with van der Waals surface area (Å²) in [6.07, 6.45) is 1.03. The van der Waals surface area contributed by atoms with Crippen molar-refractivity contribution >= 4 is 0 Å². The number of aromatic nitrogens is 2. The van der Waals surface area contributed by atoms with E-state index in [1.807, 2.05) is 12.1 Å². The summed E-state index contributed by atoms with van der Waals surface area (Å²) in [5, 5.41) is 8.33. The fourth-order valence-corrected chi connectivity index (χ4v) is 2.80. The van der Waals surface area contributed by atoms with Gasteiger partial charge < -0.3 is 10.2 Å². The molecular weight excluding hydrogens is 264 g/mol. The van der Waals surface area contributed by atoms with E-state index in [1.165, 1.54) is 5.56 Å². The summed E-state index contributed by atoms with van der Waals surface area (Å²) in [7, 11) is 0. The lowest BCUT2D eigenvalue weighted by molar-refractivity contribution is 0.146.